The molecule has 1 aliphatic rings. The summed E-state index contributed by atoms with van der Waals surface area (Å²) in [4.78, 5) is 39.3. The summed E-state index contributed by atoms with van der Waals surface area (Å²) in [6, 6.07) is 0. The molecular weight excluding hydrogens is 849 g/mol. The lowest BCUT2D eigenvalue weighted by Gasteiger charge is -2.28. The van der Waals surface area contributed by atoms with Crippen LogP contribution in [0.2, 0.25) is 0 Å². The Morgan fingerprint density at radius 3 is 1.06 bits per heavy atom. The Balaban J connectivity index is 2.51. The van der Waals surface area contributed by atoms with Crippen molar-refractivity contribution >= 4 is 17.9 Å². The second-order valence-corrected chi connectivity index (χ2v) is 20.0. The van der Waals surface area contributed by atoms with Gasteiger partial charge in [0.25, 0.3) is 0 Å². The maximum Gasteiger partial charge on any atom is 0.306 e. The molecule has 1 saturated heterocycles. The van der Waals surface area contributed by atoms with Crippen LogP contribution in [0, 0.1) is 0 Å². The van der Waals surface area contributed by atoms with Crippen LogP contribution in [-0.2, 0) is 33.3 Å². The number of esters is 3. The van der Waals surface area contributed by atoms with E-state index in [0.717, 1.165) is 103 Å². The molecule has 1 aliphatic heterocycles. The molecule has 0 aromatic rings. The van der Waals surface area contributed by atoms with Gasteiger partial charge in [-0.1, -0.05) is 211 Å². The third-order valence-electron chi connectivity index (χ3n) is 13.5. The van der Waals surface area contributed by atoms with Gasteiger partial charge in [0, 0.05) is 19.3 Å². The first kappa shape index (κ1) is 63.6. The predicted molar refractivity (Wildman–Crippen MR) is 285 cm³/mol. The van der Waals surface area contributed by atoms with Gasteiger partial charge in [-0.15, -0.1) is 0 Å². The van der Waals surface area contributed by atoms with Gasteiger partial charge in [0.2, 0.25) is 0 Å². The molecule has 1 rings (SSSR count). The second kappa shape index (κ2) is 49.5. The minimum absolute atomic E-state index is 0.0103. The van der Waals surface area contributed by atoms with E-state index < -0.39 is 43.0 Å². The average molecular weight is 958 g/mol. The molecule has 1 heterocycles. The minimum atomic E-state index is -1.03. The van der Waals surface area contributed by atoms with Gasteiger partial charge in [-0.3, -0.25) is 14.4 Å². The normalized spacial score (nSPS) is 16.7. The van der Waals surface area contributed by atoms with Crippen LogP contribution in [0.1, 0.15) is 290 Å². The zero-order valence-electron chi connectivity index (χ0n) is 44.7. The van der Waals surface area contributed by atoms with E-state index in [1.54, 1.807) is 0 Å². The van der Waals surface area contributed by atoms with Crippen LogP contribution < -0.4 is 0 Å². The second-order valence-electron chi connectivity index (χ2n) is 20.0. The zero-order valence-corrected chi connectivity index (χ0v) is 44.7. The van der Waals surface area contributed by atoms with Gasteiger partial charge >= 0.3 is 17.9 Å². The van der Waals surface area contributed by atoms with Gasteiger partial charge in [0.05, 0.1) is 13.2 Å². The standard InChI is InChI=1S/C60H108O8/c1-4-7-10-13-16-19-22-25-28-31-34-37-40-43-46-49-56(62)66-54(52-61)59-60(68-58(64)51-48-45-42-39-36-33-30-27-24-21-18-15-12-9-6-3)55(53-65-59)67-57(63)50-47-44-41-38-35-32-29-26-23-20-17-14-11-8-5-2/h25-30,54-55,59-61H,4-24,31-53H2,1-3H3/t54-,55+,59-,60-/m1/s1. The van der Waals surface area contributed by atoms with E-state index in [2.05, 4.69) is 57.2 Å². The summed E-state index contributed by atoms with van der Waals surface area (Å²) in [6.45, 7) is 6.30. The smallest absolute Gasteiger partial charge is 0.306 e. The molecule has 8 heteroatoms. The molecule has 396 valence electrons. The first-order valence-corrected chi connectivity index (χ1v) is 29.2. The zero-order chi connectivity index (χ0) is 49.2. The van der Waals surface area contributed by atoms with Crippen molar-refractivity contribution in [3.63, 3.8) is 0 Å². The van der Waals surface area contributed by atoms with Crippen molar-refractivity contribution in [2.24, 2.45) is 0 Å². The molecule has 0 spiro atoms. The topological polar surface area (TPSA) is 108 Å². The monoisotopic (exact) mass is 957 g/mol. The summed E-state index contributed by atoms with van der Waals surface area (Å²) >= 11 is 0. The third-order valence-corrected chi connectivity index (χ3v) is 13.5. The number of carbonyl (C=O) groups excluding carboxylic acids is 3. The molecule has 0 unspecified atom stereocenters. The number of aliphatic hydroxyl groups excluding tert-OH is 1. The molecule has 0 radical (unpaired) electrons. The first-order valence-electron chi connectivity index (χ1n) is 29.2. The molecule has 0 amide bonds. The highest BCUT2D eigenvalue weighted by molar-refractivity contribution is 5.71. The van der Waals surface area contributed by atoms with E-state index in [1.165, 1.54) is 135 Å². The van der Waals surface area contributed by atoms with Crippen LogP contribution in [0.4, 0.5) is 0 Å². The molecule has 1 N–H and O–H groups in total. The van der Waals surface area contributed by atoms with Crippen molar-refractivity contribution in [1.82, 2.24) is 0 Å². The van der Waals surface area contributed by atoms with Crippen molar-refractivity contribution < 1.29 is 38.4 Å². The van der Waals surface area contributed by atoms with Gasteiger partial charge < -0.3 is 24.1 Å². The molecule has 0 aliphatic carbocycles. The fourth-order valence-corrected chi connectivity index (χ4v) is 9.06. The van der Waals surface area contributed by atoms with Crippen LogP contribution in [0.5, 0.6) is 0 Å². The first-order chi connectivity index (χ1) is 33.5. The Labute approximate surface area is 419 Å². The number of allylic oxidation sites excluding steroid dienone is 6. The molecular formula is C60H108O8. The molecule has 4 atom stereocenters. The van der Waals surface area contributed by atoms with Crippen LogP contribution in [0.15, 0.2) is 36.5 Å². The molecule has 0 aromatic heterocycles. The number of hydrogen-bond acceptors (Lipinski definition) is 8. The average Bonchev–Trinajstić information content (AvgIpc) is 3.72. The summed E-state index contributed by atoms with van der Waals surface area (Å²) in [7, 11) is 0. The summed E-state index contributed by atoms with van der Waals surface area (Å²) in [6.07, 6.45) is 56.9. The molecule has 0 aromatic carbocycles. The lowest BCUT2D eigenvalue weighted by molar-refractivity contribution is -0.175. The Kier molecular flexibility index (Phi) is 46.3. The summed E-state index contributed by atoms with van der Waals surface area (Å²) < 4.78 is 23.6. The molecule has 8 nitrogen and oxygen atoms in total. The van der Waals surface area contributed by atoms with Gasteiger partial charge in [0.15, 0.2) is 18.3 Å². The predicted octanol–water partition coefficient (Wildman–Crippen LogP) is 17.2. The van der Waals surface area contributed by atoms with E-state index >= 15 is 0 Å². The van der Waals surface area contributed by atoms with Gasteiger partial charge in [-0.05, 0) is 96.3 Å². The lowest BCUT2D eigenvalue weighted by atomic mass is 10.1. The highest BCUT2D eigenvalue weighted by Crippen LogP contribution is 2.27. The van der Waals surface area contributed by atoms with Crippen molar-refractivity contribution in [3.8, 4) is 0 Å². The Hall–Kier alpha value is -2.45. The number of unbranched alkanes of at least 4 members (excludes halogenated alkanes) is 33. The number of ether oxygens (including phenoxy) is 4. The van der Waals surface area contributed by atoms with Crippen molar-refractivity contribution in [3.05, 3.63) is 36.5 Å². The number of carbonyl (C=O) groups is 3. The minimum Gasteiger partial charge on any atom is -0.457 e. The van der Waals surface area contributed by atoms with Gasteiger partial charge in [-0.2, -0.15) is 0 Å². The molecule has 68 heavy (non-hydrogen) atoms. The fourth-order valence-electron chi connectivity index (χ4n) is 9.06. The lowest BCUT2D eigenvalue weighted by Crippen LogP contribution is -2.46. The Bertz CT molecular complexity index is 1230. The highest BCUT2D eigenvalue weighted by atomic mass is 16.6. The van der Waals surface area contributed by atoms with Crippen LogP contribution >= 0.6 is 0 Å². The number of hydrogen-bond donors (Lipinski definition) is 1. The number of rotatable bonds is 50. The van der Waals surface area contributed by atoms with E-state index in [0.29, 0.717) is 12.8 Å². The van der Waals surface area contributed by atoms with Gasteiger partial charge in [-0.25, -0.2) is 0 Å². The van der Waals surface area contributed by atoms with Crippen LogP contribution in [-0.4, -0.2) is 60.6 Å². The van der Waals surface area contributed by atoms with Crippen LogP contribution in [0.25, 0.3) is 0 Å². The van der Waals surface area contributed by atoms with Crippen molar-refractivity contribution in [2.75, 3.05) is 13.2 Å². The summed E-state index contributed by atoms with van der Waals surface area (Å²) in [5, 5.41) is 10.4. The van der Waals surface area contributed by atoms with Crippen molar-refractivity contribution in [1.29, 1.82) is 0 Å². The quantitative estimate of drug-likeness (QED) is 0.0278. The van der Waals surface area contributed by atoms with E-state index in [-0.39, 0.29) is 31.8 Å². The largest absolute Gasteiger partial charge is 0.457 e. The third kappa shape index (κ3) is 39.3. The van der Waals surface area contributed by atoms with Crippen molar-refractivity contribution in [2.45, 2.75) is 315 Å². The summed E-state index contributed by atoms with van der Waals surface area (Å²) in [5.41, 5.74) is 0. The Morgan fingerprint density at radius 1 is 0.426 bits per heavy atom. The van der Waals surface area contributed by atoms with Gasteiger partial charge in [0.1, 0.15) is 6.10 Å². The molecule has 0 saturated carbocycles. The highest BCUT2D eigenvalue weighted by Gasteiger charge is 2.47. The van der Waals surface area contributed by atoms with E-state index in [1.807, 2.05) is 0 Å². The molecule has 0 bridgehead atoms. The maximum absolute atomic E-state index is 13.2. The number of aliphatic hydroxyl groups is 1. The van der Waals surface area contributed by atoms with Crippen LogP contribution in [0.3, 0.4) is 0 Å². The Morgan fingerprint density at radius 2 is 0.721 bits per heavy atom. The van der Waals surface area contributed by atoms with E-state index in [4.69, 9.17) is 18.9 Å². The molecule has 1 fully saturated rings. The van der Waals surface area contributed by atoms with E-state index in [9.17, 15) is 19.5 Å². The maximum atomic E-state index is 13.2. The fraction of sp³-hybridized carbons (Fsp3) is 0.850. The summed E-state index contributed by atoms with van der Waals surface area (Å²) in [5.74, 6) is -1.15. The SMILES string of the molecule is CCCCCCCCC=CCCCCCCCC(=O)O[C@H]1[C@@H]([C@@H](CO)OC(=O)CCCCCCCC=CCCCCCCCC)OC[C@@H]1OC(=O)CCCCCCCC=CCCCCCCCC.